The number of hydrogen-bond acceptors (Lipinski definition) is 4. The number of anilines is 6. The third kappa shape index (κ3) is 8.43. The van der Waals surface area contributed by atoms with Crippen molar-refractivity contribution in [1.29, 1.82) is 0 Å². The summed E-state index contributed by atoms with van der Waals surface area (Å²) in [5.41, 5.74) is 21.3. The number of benzene rings is 13. The highest BCUT2D eigenvalue weighted by Crippen LogP contribution is 2.49. The molecule has 13 aromatic carbocycles. The number of aromatic nitrogens is 2. The maximum atomic E-state index is 5.84. The van der Waals surface area contributed by atoms with Crippen LogP contribution in [0.1, 0.15) is 52.7 Å². The van der Waals surface area contributed by atoms with E-state index in [0.717, 1.165) is 84.1 Å². The van der Waals surface area contributed by atoms with Crippen LogP contribution >= 0.6 is 0 Å². The molecule has 0 amide bonds. The second-order valence-corrected chi connectivity index (χ2v) is 25.4. The zero-order valence-electron chi connectivity index (χ0n) is 48.7. The van der Waals surface area contributed by atoms with Gasteiger partial charge < -0.3 is 9.80 Å². The number of fused-ring (bicyclic) bond motifs is 11. The predicted molar refractivity (Wildman–Crippen MR) is 363 cm³/mol. The van der Waals surface area contributed by atoms with E-state index in [1.807, 2.05) is 0 Å². The first-order chi connectivity index (χ1) is 41.4. The van der Waals surface area contributed by atoms with Gasteiger partial charge in [0.2, 0.25) is 0 Å². The zero-order valence-corrected chi connectivity index (χ0v) is 48.7. The van der Waals surface area contributed by atoms with Gasteiger partial charge in [-0.15, -0.1) is 0 Å². The van der Waals surface area contributed by atoms with Gasteiger partial charge >= 0.3 is 0 Å². The fourth-order valence-electron chi connectivity index (χ4n) is 13.7. The Balaban J connectivity index is 1.03. The van der Waals surface area contributed by atoms with Gasteiger partial charge in [-0.25, -0.2) is 9.97 Å². The number of rotatable bonds is 6. The van der Waals surface area contributed by atoms with Gasteiger partial charge in [-0.3, -0.25) is 0 Å². The lowest BCUT2D eigenvalue weighted by Crippen LogP contribution is -2.61. The minimum Gasteiger partial charge on any atom is -0.311 e. The van der Waals surface area contributed by atoms with Crippen LogP contribution in [0.3, 0.4) is 0 Å². The van der Waals surface area contributed by atoms with Gasteiger partial charge in [-0.1, -0.05) is 230 Å². The van der Waals surface area contributed by atoms with Gasteiger partial charge in [0.15, 0.2) is 5.82 Å². The first-order valence-corrected chi connectivity index (χ1v) is 29.8. The highest BCUT2D eigenvalue weighted by Gasteiger charge is 2.44. The quantitative estimate of drug-likeness (QED) is 0.123. The summed E-state index contributed by atoms with van der Waals surface area (Å²) in [6.45, 7) is 13.6. The largest absolute Gasteiger partial charge is 0.311 e. The smallest absolute Gasteiger partial charge is 0.252 e. The maximum absolute atomic E-state index is 5.84. The summed E-state index contributed by atoms with van der Waals surface area (Å²) in [5, 5.41) is 10.8. The van der Waals surface area contributed by atoms with E-state index < -0.39 is 0 Å². The normalized spacial score (nSPS) is 13.0. The van der Waals surface area contributed by atoms with Crippen LogP contribution in [0.15, 0.2) is 261 Å². The van der Waals surface area contributed by atoms with E-state index in [9.17, 15) is 0 Å². The molecule has 85 heavy (non-hydrogen) atoms. The lowest BCUT2D eigenvalue weighted by atomic mass is 9.33. The average molecular weight is 1090 g/mol. The Kier molecular flexibility index (Phi) is 11.5. The molecule has 1 aromatic heterocycles. The summed E-state index contributed by atoms with van der Waals surface area (Å²) in [5.74, 6) is 0.660. The van der Waals surface area contributed by atoms with E-state index in [-0.39, 0.29) is 17.5 Å². The molecule has 4 nitrogen and oxygen atoms in total. The van der Waals surface area contributed by atoms with Gasteiger partial charge in [0.05, 0.1) is 11.2 Å². The molecule has 2 aliphatic rings. The molecule has 3 heterocycles. The molecule has 0 spiro atoms. The molecule has 404 valence electrons. The second kappa shape index (κ2) is 19.2. The summed E-state index contributed by atoms with van der Waals surface area (Å²) < 4.78 is 0. The molecule has 0 saturated heterocycles. The van der Waals surface area contributed by atoms with Crippen LogP contribution in [-0.4, -0.2) is 16.7 Å². The first-order valence-electron chi connectivity index (χ1n) is 29.8. The topological polar surface area (TPSA) is 32.3 Å². The van der Waals surface area contributed by atoms with E-state index in [1.165, 1.54) is 70.6 Å². The van der Waals surface area contributed by atoms with E-state index in [4.69, 9.17) is 9.97 Å². The van der Waals surface area contributed by atoms with E-state index >= 15 is 0 Å². The van der Waals surface area contributed by atoms with Gasteiger partial charge in [0.25, 0.3) is 6.71 Å². The van der Waals surface area contributed by atoms with Crippen molar-refractivity contribution in [3.05, 3.63) is 272 Å². The average Bonchev–Trinajstić information content (AvgIpc) is 1.50. The molecule has 0 radical (unpaired) electrons. The molecule has 0 fully saturated rings. The SMILES string of the molecule is CC(C)(C)c1ccc(N2c3cc4c(ccc5ccccc54)cc3B3c4cc5ccc6ccccc6c5cc4N(c4ccc(C(C)(C)C)cc4)c4cc(-c5nc(-c6cc(-c7ccccc7)cc(-c7ccccc7)c6)c6ccccc6n5)cc2c43)cc1. The van der Waals surface area contributed by atoms with Crippen molar-refractivity contribution in [2.45, 2.75) is 52.4 Å². The van der Waals surface area contributed by atoms with Crippen LogP contribution in [-0.2, 0) is 10.8 Å². The Morgan fingerprint density at radius 1 is 0.306 bits per heavy atom. The van der Waals surface area contributed by atoms with Crippen molar-refractivity contribution in [3.8, 4) is 44.9 Å². The molecule has 14 aromatic rings. The molecule has 0 atom stereocenters. The maximum Gasteiger partial charge on any atom is 0.252 e. The van der Waals surface area contributed by atoms with Gasteiger partial charge in [0.1, 0.15) is 0 Å². The number of para-hydroxylation sites is 1. The minimum absolute atomic E-state index is 0.0356. The van der Waals surface area contributed by atoms with E-state index in [0.29, 0.717) is 5.82 Å². The molecule has 2 aliphatic heterocycles. The van der Waals surface area contributed by atoms with Gasteiger partial charge in [-0.2, -0.15) is 0 Å². The summed E-state index contributed by atoms with van der Waals surface area (Å²) in [6, 6.07) is 97.2. The van der Waals surface area contributed by atoms with Crippen molar-refractivity contribution in [2.24, 2.45) is 0 Å². The van der Waals surface area contributed by atoms with Crippen molar-refractivity contribution < 1.29 is 0 Å². The number of nitrogens with zero attached hydrogens (tertiary/aromatic N) is 4. The van der Waals surface area contributed by atoms with Crippen LogP contribution in [0.4, 0.5) is 34.1 Å². The Morgan fingerprint density at radius 2 is 0.729 bits per heavy atom. The standard InChI is InChI=1S/C80H61BN4/c1-79(2,3)60-33-37-62(38-34-60)84-72-48-67-54(31-29-52-23-13-15-25-64(52)67)44-69(72)81-70-45-55-32-30-53-24-14-16-26-65(53)68(55)49-73(70)85(63-39-35-61(36-40-63)80(4,5)6)75-47-59(46-74(84)76(75)81)78-82-71-28-18-17-27-66(71)77(83-78)58-42-56(50-19-9-7-10-20-50)41-57(43-58)51-21-11-8-12-22-51/h7-49H,1-6H3. The van der Waals surface area contributed by atoms with Crippen molar-refractivity contribution in [3.63, 3.8) is 0 Å². The summed E-state index contributed by atoms with van der Waals surface area (Å²) in [6.07, 6.45) is 0. The Morgan fingerprint density at radius 3 is 1.21 bits per heavy atom. The Labute approximate surface area is 497 Å². The third-order valence-corrected chi connectivity index (χ3v) is 18.1. The van der Waals surface area contributed by atoms with Gasteiger partial charge in [0, 0.05) is 50.6 Å². The summed E-state index contributed by atoms with van der Waals surface area (Å²) in [4.78, 5) is 16.6. The lowest BCUT2D eigenvalue weighted by molar-refractivity contribution is 0.590. The molecule has 0 saturated carbocycles. The Hall–Kier alpha value is -10.1. The molecule has 0 aliphatic carbocycles. The molecular formula is C80H61BN4. The van der Waals surface area contributed by atoms with Crippen molar-refractivity contribution >= 4 is 111 Å². The number of hydrogen-bond donors (Lipinski definition) is 0. The van der Waals surface area contributed by atoms with Gasteiger partial charge in [-0.05, 0) is 176 Å². The first kappa shape index (κ1) is 50.6. The molecule has 0 unspecified atom stereocenters. The highest BCUT2D eigenvalue weighted by molar-refractivity contribution is 7.00. The van der Waals surface area contributed by atoms with Crippen LogP contribution in [0.2, 0.25) is 0 Å². The highest BCUT2D eigenvalue weighted by atomic mass is 15.2. The zero-order chi connectivity index (χ0) is 57.3. The lowest BCUT2D eigenvalue weighted by Gasteiger charge is -2.45. The van der Waals surface area contributed by atoms with Crippen LogP contribution < -0.4 is 26.2 Å². The fourth-order valence-corrected chi connectivity index (χ4v) is 13.7. The van der Waals surface area contributed by atoms with Crippen molar-refractivity contribution in [1.82, 2.24) is 9.97 Å². The van der Waals surface area contributed by atoms with Crippen LogP contribution in [0, 0.1) is 0 Å². The fraction of sp³-hybridized carbons (Fsp3) is 0.100. The molecule has 5 heteroatoms. The van der Waals surface area contributed by atoms with Crippen molar-refractivity contribution in [2.75, 3.05) is 9.80 Å². The molecule has 0 N–H and O–H groups in total. The molecular weight excluding hydrogens is 1030 g/mol. The van der Waals surface area contributed by atoms with E-state index in [1.54, 1.807) is 0 Å². The second-order valence-electron chi connectivity index (χ2n) is 25.4. The predicted octanol–water partition coefficient (Wildman–Crippen LogP) is 19.6. The Bertz CT molecular complexity index is 4750. The van der Waals surface area contributed by atoms with Crippen LogP contribution in [0.25, 0.3) is 98.9 Å². The monoisotopic (exact) mass is 1090 g/mol. The van der Waals surface area contributed by atoms with E-state index in [2.05, 4.69) is 312 Å². The minimum atomic E-state index is -0.142. The van der Waals surface area contributed by atoms with Crippen LogP contribution in [0.5, 0.6) is 0 Å². The molecule has 16 rings (SSSR count). The summed E-state index contributed by atoms with van der Waals surface area (Å²) >= 11 is 0. The third-order valence-electron chi connectivity index (χ3n) is 18.1. The summed E-state index contributed by atoms with van der Waals surface area (Å²) in [7, 11) is 0. The molecule has 0 bridgehead atoms.